The van der Waals surface area contributed by atoms with Gasteiger partial charge in [-0.3, -0.25) is 4.79 Å². The van der Waals surface area contributed by atoms with Gasteiger partial charge in [-0.2, -0.15) is 0 Å². The molecule has 2 unspecified atom stereocenters. The van der Waals surface area contributed by atoms with E-state index in [0.717, 1.165) is 13.0 Å². The second-order valence-corrected chi connectivity index (χ2v) is 6.24. The van der Waals surface area contributed by atoms with Crippen molar-refractivity contribution in [3.63, 3.8) is 0 Å². The summed E-state index contributed by atoms with van der Waals surface area (Å²) in [5, 5.41) is 2.16. The Bertz CT molecular complexity index is 452. The molecule has 0 radical (unpaired) electrons. The number of thiophene rings is 1. The van der Waals surface area contributed by atoms with Gasteiger partial charge in [0.1, 0.15) is 6.10 Å². The van der Waals surface area contributed by atoms with Crippen LogP contribution in [0.3, 0.4) is 0 Å². The molecule has 0 bridgehead atoms. The minimum atomic E-state index is -0.327. The Morgan fingerprint density at radius 2 is 2.33 bits per heavy atom. The summed E-state index contributed by atoms with van der Waals surface area (Å²) in [5.74, 6) is 0.818. The molecule has 1 fully saturated rings. The number of methoxy groups -OCH3 is 1. The maximum absolute atomic E-state index is 12.4. The Labute approximate surface area is 112 Å². The van der Waals surface area contributed by atoms with Crippen molar-refractivity contribution in [1.82, 2.24) is 4.90 Å². The fourth-order valence-electron chi connectivity index (χ4n) is 2.85. The molecule has 1 amide bonds. The van der Waals surface area contributed by atoms with E-state index < -0.39 is 0 Å². The molecule has 4 heteroatoms. The van der Waals surface area contributed by atoms with Gasteiger partial charge in [-0.25, -0.2) is 0 Å². The summed E-state index contributed by atoms with van der Waals surface area (Å²) in [7, 11) is 1.61. The fourth-order valence-corrected chi connectivity index (χ4v) is 3.76. The predicted octanol–water partition coefficient (Wildman–Crippen LogP) is 2.62. The molecule has 2 heterocycles. The number of amides is 1. The molecule has 2 aliphatic rings. The van der Waals surface area contributed by atoms with E-state index in [1.165, 1.54) is 23.3 Å². The number of carbonyl (C=O) groups excluding carboxylic acids is 1. The lowest BCUT2D eigenvalue weighted by molar-refractivity contribution is -0.144. The number of fused-ring (bicyclic) bond motifs is 1. The minimum Gasteiger partial charge on any atom is -0.372 e. The molecule has 0 saturated heterocycles. The smallest absolute Gasteiger partial charge is 0.251 e. The van der Waals surface area contributed by atoms with E-state index in [2.05, 4.69) is 16.3 Å². The standard InChI is InChI=1S/C14H19NO2S/c1-9(17-2)14(16)15-7-5-12-11(6-8-18-12)13(15)10-3-4-10/h6,8-10,13H,3-5,7H2,1-2H3. The topological polar surface area (TPSA) is 29.5 Å². The lowest BCUT2D eigenvalue weighted by Gasteiger charge is -2.37. The summed E-state index contributed by atoms with van der Waals surface area (Å²) in [5.41, 5.74) is 1.39. The average molecular weight is 265 g/mol. The van der Waals surface area contributed by atoms with E-state index >= 15 is 0 Å². The van der Waals surface area contributed by atoms with Crippen molar-refractivity contribution >= 4 is 17.2 Å². The highest BCUT2D eigenvalue weighted by Crippen LogP contribution is 2.48. The zero-order valence-electron chi connectivity index (χ0n) is 10.9. The van der Waals surface area contributed by atoms with Crippen molar-refractivity contribution < 1.29 is 9.53 Å². The lowest BCUT2D eigenvalue weighted by atomic mass is 9.95. The van der Waals surface area contributed by atoms with Crippen LogP contribution in [0, 0.1) is 5.92 Å². The van der Waals surface area contributed by atoms with E-state index in [1.54, 1.807) is 7.11 Å². The number of ether oxygens (including phenoxy) is 1. The summed E-state index contributed by atoms with van der Waals surface area (Å²) >= 11 is 1.83. The molecule has 0 aromatic carbocycles. The van der Waals surface area contributed by atoms with E-state index in [-0.39, 0.29) is 12.0 Å². The van der Waals surface area contributed by atoms with Gasteiger partial charge < -0.3 is 9.64 Å². The summed E-state index contributed by atoms with van der Waals surface area (Å²) in [6, 6.07) is 2.52. The van der Waals surface area contributed by atoms with E-state index in [4.69, 9.17) is 4.74 Å². The van der Waals surface area contributed by atoms with Crippen LogP contribution in [0.5, 0.6) is 0 Å². The van der Waals surface area contributed by atoms with Crippen LogP contribution in [-0.2, 0) is 16.0 Å². The first-order chi connectivity index (χ1) is 8.72. The molecule has 2 atom stereocenters. The van der Waals surface area contributed by atoms with Crippen molar-refractivity contribution in [2.24, 2.45) is 5.92 Å². The van der Waals surface area contributed by atoms with Gasteiger partial charge in [-0.1, -0.05) is 0 Å². The Kier molecular flexibility index (Phi) is 3.16. The third-order valence-corrected chi connectivity index (χ3v) is 5.06. The average Bonchev–Trinajstić information content (AvgIpc) is 3.12. The highest BCUT2D eigenvalue weighted by atomic mass is 32.1. The molecule has 1 saturated carbocycles. The van der Waals surface area contributed by atoms with Gasteiger partial charge in [-0.05, 0) is 49.1 Å². The SMILES string of the molecule is COC(C)C(=O)N1CCc2sccc2C1C1CC1. The van der Waals surface area contributed by atoms with Gasteiger partial charge >= 0.3 is 0 Å². The van der Waals surface area contributed by atoms with Crippen LogP contribution >= 0.6 is 11.3 Å². The highest BCUT2D eigenvalue weighted by Gasteiger charge is 2.42. The van der Waals surface area contributed by atoms with Crippen LogP contribution in [0.4, 0.5) is 0 Å². The summed E-state index contributed by atoms with van der Waals surface area (Å²) in [6.45, 7) is 2.69. The van der Waals surface area contributed by atoms with Crippen molar-refractivity contribution in [2.75, 3.05) is 13.7 Å². The zero-order chi connectivity index (χ0) is 12.7. The molecule has 3 rings (SSSR count). The lowest BCUT2D eigenvalue weighted by Crippen LogP contribution is -2.45. The maximum Gasteiger partial charge on any atom is 0.251 e. The predicted molar refractivity (Wildman–Crippen MR) is 71.7 cm³/mol. The molecule has 1 aliphatic heterocycles. The molecule has 0 N–H and O–H groups in total. The van der Waals surface area contributed by atoms with Crippen LogP contribution < -0.4 is 0 Å². The third-order valence-electron chi connectivity index (χ3n) is 4.07. The molecule has 98 valence electrons. The molecule has 1 aromatic rings. The monoisotopic (exact) mass is 265 g/mol. The quantitative estimate of drug-likeness (QED) is 0.841. The Morgan fingerprint density at radius 1 is 1.56 bits per heavy atom. The van der Waals surface area contributed by atoms with E-state index in [9.17, 15) is 4.79 Å². The summed E-state index contributed by atoms with van der Waals surface area (Å²) < 4.78 is 5.19. The Balaban J connectivity index is 1.89. The van der Waals surface area contributed by atoms with E-state index in [0.29, 0.717) is 12.0 Å². The van der Waals surface area contributed by atoms with Crippen LogP contribution in [-0.4, -0.2) is 30.6 Å². The van der Waals surface area contributed by atoms with Gasteiger partial charge in [0.25, 0.3) is 5.91 Å². The normalized spacial score (nSPS) is 24.8. The first kappa shape index (κ1) is 12.2. The Hall–Kier alpha value is -0.870. The number of hydrogen-bond acceptors (Lipinski definition) is 3. The maximum atomic E-state index is 12.4. The fraction of sp³-hybridized carbons (Fsp3) is 0.643. The van der Waals surface area contributed by atoms with Crippen LogP contribution in [0.2, 0.25) is 0 Å². The van der Waals surface area contributed by atoms with Crippen LogP contribution in [0.25, 0.3) is 0 Å². The molecule has 0 spiro atoms. The Morgan fingerprint density at radius 3 is 3.00 bits per heavy atom. The van der Waals surface area contributed by atoms with Gasteiger partial charge in [0.15, 0.2) is 0 Å². The van der Waals surface area contributed by atoms with Gasteiger partial charge in [0.05, 0.1) is 6.04 Å². The number of nitrogens with zero attached hydrogens (tertiary/aromatic N) is 1. The van der Waals surface area contributed by atoms with Gasteiger partial charge in [0, 0.05) is 18.5 Å². The van der Waals surface area contributed by atoms with E-state index in [1.807, 2.05) is 18.3 Å². The van der Waals surface area contributed by atoms with Crippen molar-refractivity contribution in [2.45, 2.75) is 38.3 Å². The number of hydrogen-bond donors (Lipinski definition) is 0. The molecule has 1 aromatic heterocycles. The molecular weight excluding hydrogens is 246 g/mol. The molecule has 18 heavy (non-hydrogen) atoms. The second kappa shape index (κ2) is 4.67. The van der Waals surface area contributed by atoms with Gasteiger partial charge in [0.2, 0.25) is 0 Å². The first-order valence-corrected chi connectivity index (χ1v) is 7.50. The number of carbonyl (C=O) groups is 1. The van der Waals surface area contributed by atoms with Crippen molar-refractivity contribution in [3.05, 3.63) is 21.9 Å². The summed E-state index contributed by atoms with van der Waals surface area (Å²) in [6.07, 6.45) is 3.18. The second-order valence-electron chi connectivity index (χ2n) is 5.24. The van der Waals surface area contributed by atoms with Crippen LogP contribution in [0.1, 0.15) is 36.2 Å². The third kappa shape index (κ3) is 1.97. The first-order valence-electron chi connectivity index (χ1n) is 6.62. The van der Waals surface area contributed by atoms with Crippen LogP contribution in [0.15, 0.2) is 11.4 Å². The molecular formula is C14H19NO2S. The minimum absolute atomic E-state index is 0.145. The highest BCUT2D eigenvalue weighted by molar-refractivity contribution is 7.10. The van der Waals surface area contributed by atoms with Crippen molar-refractivity contribution in [1.29, 1.82) is 0 Å². The summed E-state index contributed by atoms with van der Waals surface area (Å²) in [4.78, 5) is 15.9. The number of rotatable bonds is 3. The zero-order valence-corrected chi connectivity index (χ0v) is 11.7. The van der Waals surface area contributed by atoms with Crippen molar-refractivity contribution in [3.8, 4) is 0 Å². The molecule has 1 aliphatic carbocycles. The molecule has 3 nitrogen and oxygen atoms in total. The van der Waals surface area contributed by atoms with Gasteiger partial charge in [-0.15, -0.1) is 11.3 Å². The largest absolute Gasteiger partial charge is 0.372 e.